The summed E-state index contributed by atoms with van der Waals surface area (Å²) in [6, 6.07) is 5.64. The third-order valence-electron chi connectivity index (χ3n) is 5.38. The van der Waals surface area contributed by atoms with Crippen molar-refractivity contribution in [3.8, 4) is 11.1 Å². The average Bonchev–Trinajstić information content (AvgIpc) is 3.15. The van der Waals surface area contributed by atoms with Gasteiger partial charge in [-0.3, -0.25) is 9.67 Å². The summed E-state index contributed by atoms with van der Waals surface area (Å²) in [6.07, 6.45) is 5.73. The fourth-order valence-electron chi connectivity index (χ4n) is 3.66. The van der Waals surface area contributed by atoms with E-state index in [1.807, 2.05) is 35.5 Å². The van der Waals surface area contributed by atoms with Crippen LogP contribution in [-0.4, -0.2) is 25.5 Å². The SMILES string of the molecule is Cc1c(N)cncc1-c1cc2cc(Nc3cc4n(n3)CSCC4)ncc2c(N)c1F. The van der Waals surface area contributed by atoms with Gasteiger partial charge in [-0.1, -0.05) is 0 Å². The number of nitrogen functional groups attached to an aromatic ring is 2. The van der Waals surface area contributed by atoms with E-state index in [9.17, 15) is 0 Å². The van der Waals surface area contributed by atoms with Crippen LogP contribution in [0, 0.1) is 12.7 Å². The number of fused-ring (bicyclic) bond motifs is 2. The van der Waals surface area contributed by atoms with Gasteiger partial charge in [-0.15, -0.1) is 11.8 Å². The maximum Gasteiger partial charge on any atom is 0.154 e. The highest BCUT2D eigenvalue weighted by molar-refractivity contribution is 7.98. The molecule has 0 atom stereocenters. The van der Waals surface area contributed by atoms with Gasteiger partial charge in [0.1, 0.15) is 5.82 Å². The number of rotatable bonds is 3. The van der Waals surface area contributed by atoms with Crippen molar-refractivity contribution in [2.75, 3.05) is 22.5 Å². The molecule has 5 rings (SSSR count). The molecule has 7 nitrogen and oxygen atoms in total. The minimum Gasteiger partial charge on any atom is -0.397 e. The Morgan fingerprint density at radius 1 is 1.10 bits per heavy atom. The zero-order valence-electron chi connectivity index (χ0n) is 16.3. The molecule has 30 heavy (non-hydrogen) atoms. The monoisotopic (exact) mass is 421 g/mol. The molecule has 0 fully saturated rings. The fraction of sp³-hybridized carbons (Fsp3) is 0.190. The van der Waals surface area contributed by atoms with Crippen LogP contribution in [0.2, 0.25) is 0 Å². The van der Waals surface area contributed by atoms with E-state index in [1.165, 1.54) is 5.69 Å². The second kappa shape index (κ2) is 7.17. The Bertz CT molecular complexity index is 1260. The van der Waals surface area contributed by atoms with Crippen molar-refractivity contribution >= 4 is 45.5 Å². The lowest BCUT2D eigenvalue weighted by Gasteiger charge is -2.13. The van der Waals surface area contributed by atoms with Gasteiger partial charge < -0.3 is 16.8 Å². The predicted octanol–water partition coefficient (Wildman–Crippen LogP) is 4.10. The van der Waals surface area contributed by atoms with Crippen LogP contribution < -0.4 is 16.8 Å². The van der Waals surface area contributed by atoms with Crippen LogP contribution in [-0.2, 0) is 12.3 Å². The Morgan fingerprint density at radius 3 is 2.80 bits per heavy atom. The number of anilines is 4. The molecule has 0 saturated heterocycles. The summed E-state index contributed by atoms with van der Waals surface area (Å²) >= 11 is 1.86. The number of aryl methyl sites for hydroxylation is 1. The predicted molar refractivity (Wildman–Crippen MR) is 120 cm³/mol. The molecule has 1 aromatic carbocycles. The number of hydrogen-bond donors (Lipinski definition) is 3. The van der Waals surface area contributed by atoms with E-state index in [2.05, 4.69) is 20.4 Å². The number of nitrogens with two attached hydrogens (primary N) is 2. The summed E-state index contributed by atoms with van der Waals surface area (Å²) in [5.74, 6) is 2.82. The summed E-state index contributed by atoms with van der Waals surface area (Å²) in [5.41, 5.74) is 15.6. The van der Waals surface area contributed by atoms with Gasteiger partial charge in [-0.05, 0) is 36.4 Å². The molecule has 0 amide bonds. The van der Waals surface area contributed by atoms with E-state index in [4.69, 9.17) is 11.5 Å². The number of pyridine rings is 2. The first-order chi connectivity index (χ1) is 14.5. The highest BCUT2D eigenvalue weighted by Crippen LogP contribution is 2.36. The van der Waals surface area contributed by atoms with Crippen LogP contribution in [0.5, 0.6) is 0 Å². The molecular weight excluding hydrogens is 401 g/mol. The van der Waals surface area contributed by atoms with Gasteiger partial charge in [-0.25, -0.2) is 9.37 Å². The Hall–Kier alpha value is -3.33. The van der Waals surface area contributed by atoms with E-state index in [1.54, 1.807) is 24.7 Å². The number of halogens is 1. The lowest BCUT2D eigenvalue weighted by Crippen LogP contribution is -2.09. The summed E-state index contributed by atoms with van der Waals surface area (Å²) in [7, 11) is 0. The van der Waals surface area contributed by atoms with E-state index >= 15 is 4.39 Å². The summed E-state index contributed by atoms with van der Waals surface area (Å²) < 4.78 is 17.1. The van der Waals surface area contributed by atoms with Crippen LogP contribution in [0.1, 0.15) is 11.3 Å². The smallest absolute Gasteiger partial charge is 0.154 e. The largest absolute Gasteiger partial charge is 0.397 e. The molecule has 3 aromatic heterocycles. The number of nitrogens with zero attached hydrogens (tertiary/aromatic N) is 4. The van der Waals surface area contributed by atoms with Crippen molar-refractivity contribution in [2.24, 2.45) is 0 Å². The number of hydrogen-bond acceptors (Lipinski definition) is 7. The Kier molecular flexibility index (Phi) is 4.47. The van der Waals surface area contributed by atoms with Crippen LogP contribution >= 0.6 is 11.8 Å². The molecule has 4 aromatic rings. The number of benzene rings is 1. The van der Waals surface area contributed by atoms with E-state index in [-0.39, 0.29) is 5.69 Å². The molecule has 4 heterocycles. The zero-order valence-corrected chi connectivity index (χ0v) is 17.1. The Labute approximate surface area is 176 Å². The lowest BCUT2D eigenvalue weighted by molar-refractivity contribution is 0.637. The first-order valence-corrected chi connectivity index (χ1v) is 10.7. The van der Waals surface area contributed by atoms with Gasteiger partial charge in [0.15, 0.2) is 11.6 Å². The van der Waals surface area contributed by atoms with Gasteiger partial charge in [0.25, 0.3) is 0 Å². The first kappa shape index (κ1) is 18.7. The molecule has 0 spiro atoms. The zero-order chi connectivity index (χ0) is 20.8. The molecule has 0 saturated carbocycles. The second-order valence-electron chi connectivity index (χ2n) is 7.28. The molecule has 0 radical (unpaired) electrons. The number of nitrogens with one attached hydrogen (secondary N) is 1. The van der Waals surface area contributed by atoms with Gasteiger partial charge >= 0.3 is 0 Å². The van der Waals surface area contributed by atoms with Crippen LogP contribution in [0.15, 0.2) is 36.8 Å². The second-order valence-corrected chi connectivity index (χ2v) is 8.35. The van der Waals surface area contributed by atoms with Gasteiger partial charge in [-0.2, -0.15) is 5.10 Å². The Balaban J connectivity index is 1.57. The Morgan fingerprint density at radius 2 is 1.97 bits per heavy atom. The van der Waals surface area contributed by atoms with Crippen molar-refractivity contribution in [3.05, 3.63) is 53.9 Å². The van der Waals surface area contributed by atoms with Crippen molar-refractivity contribution in [3.63, 3.8) is 0 Å². The highest BCUT2D eigenvalue weighted by Gasteiger charge is 2.17. The molecule has 1 aliphatic heterocycles. The first-order valence-electron chi connectivity index (χ1n) is 9.51. The van der Waals surface area contributed by atoms with Crippen LogP contribution in [0.25, 0.3) is 21.9 Å². The van der Waals surface area contributed by atoms with Gasteiger partial charge in [0.2, 0.25) is 0 Å². The van der Waals surface area contributed by atoms with Crippen LogP contribution in [0.3, 0.4) is 0 Å². The van der Waals surface area contributed by atoms with Gasteiger partial charge in [0, 0.05) is 46.4 Å². The molecule has 1 aliphatic rings. The van der Waals surface area contributed by atoms with E-state index in [0.29, 0.717) is 28.0 Å². The van der Waals surface area contributed by atoms with E-state index < -0.39 is 5.82 Å². The lowest BCUT2D eigenvalue weighted by atomic mass is 9.97. The average molecular weight is 422 g/mol. The summed E-state index contributed by atoms with van der Waals surface area (Å²) in [6.45, 7) is 1.84. The molecule has 9 heteroatoms. The maximum atomic E-state index is 15.1. The normalized spacial score (nSPS) is 13.4. The van der Waals surface area contributed by atoms with Crippen molar-refractivity contribution in [2.45, 2.75) is 19.2 Å². The third-order valence-corrected chi connectivity index (χ3v) is 6.30. The number of thioether (sulfide) groups is 1. The van der Waals surface area contributed by atoms with Crippen molar-refractivity contribution in [1.82, 2.24) is 19.7 Å². The molecule has 0 bridgehead atoms. The third kappa shape index (κ3) is 3.11. The molecule has 0 unspecified atom stereocenters. The quantitative estimate of drug-likeness (QED) is 0.428. The van der Waals surface area contributed by atoms with Gasteiger partial charge in [0.05, 0.1) is 23.4 Å². The topological polar surface area (TPSA) is 108 Å². The summed E-state index contributed by atoms with van der Waals surface area (Å²) in [4.78, 5) is 8.51. The number of aromatic nitrogens is 4. The standard InChI is InChI=1S/C21H20FN7S/c1-11-15(7-25-9-17(11)23)14-4-12-5-18(26-8-16(12)21(24)20(14)22)27-19-6-13-2-3-30-10-29(13)28-19/h4-9H,2-3,10,23-24H2,1H3,(H,26,27,28). The highest BCUT2D eigenvalue weighted by atomic mass is 32.2. The van der Waals surface area contributed by atoms with E-state index in [0.717, 1.165) is 34.8 Å². The minimum absolute atomic E-state index is 0.0536. The van der Waals surface area contributed by atoms with Crippen LogP contribution in [0.4, 0.5) is 27.4 Å². The molecule has 0 aliphatic carbocycles. The van der Waals surface area contributed by atoms with Crippen molar-refractivity contribution < 1.29 is 4.39 Å². The maximum absolute atomic E-state index is 15.1. The fourth-order valence-corrected chi connectivity index (χ4v) is 4.54. The molecule has 152 valence electrons. The van der Waals surface area contributed by atoms with Crippen molar-refractivity contribution in [1.29, 1.82) is 0 Å². The minimum atomic E-state index is -0.500. The molecular formula is C21H20FN7S. The summed E-state index contributed by atoms with van der Waals surface area (Å²) in [5, 5.41) is 9.15. The molecule has 5 N–H and O–H groups in total.